The number of benzene rings is 1. The SMILES string of the molecule is Cc1ccccc1[C@@H](C)NC1CCCc2cccnc21. The number of hydrogen-bond donors (Lipinski definition) is 1. The Hall–Kier alpha value is -1.67. The average molecular weight is 266 g/mol. The van der Waals surface area contributed by atoms with Crippen molar-refractivity contribution < 1.29 is 0 Å². The maximum Gasteiger partial charge on any atom is 0.0605 e. The van der Waals surface area contributed by atoms with Crippen LogP contribution in [0.4, 0.5) is 0 Å². The van der Waals surface area contributed by atoms with E-state index in [1.165, 1.54) is 41.6 Å². The number of aryl methyl sites for hydroxylation is 2. The molecule has 0 radical (unpaired) electrons. The summed E-state index contributed by atoms with van der Waals surface area (Å²) in [5.41, 5.74) is 5.40. The molecule has 0 fully saturated rings. The van der Waals surface area contributed by atoms with Gasteiger partial charge in [-0.2, -0.15) is 0 Å². The summed E-state index contributed by atoms with van der Waals surface area (Å²) < 4.78 is 0. The molecule has 3 rings (SSSR count). The van der Waals surface area contributed by atoms with Crippen LogP contribution in [0.15, 0.2) is 42.6 Å². The van der Waals surface area contributed by atoms with Gasteiger partial charge in [0.05, 0.1) is 11.7 Å². The van der Waals surface area contributed by atoms with Gasteiger partial charge in [0, 0.05) is 12.2 Å². The molecule has 2 heteroatoms. The second kappa shape index (κ2) is 5.76. The lowest BCUT2D eigenvalue weighted by Gasteiger charge is -2.29. The zero-order valence-corrected chi connectivity index (χ0v) is 12.3. The van der Waals surface area contributed by atoms with Gasteiger partial charge in [-0.05, 0) is 55.9 Å². The van der Waals surface area contributed by atoms with Crippen molar-refractivity contribution in [3.63, 3.8) is 0 Å². The molecule has 2 aromatic rings. The molecule has 0 bridgehead atoms. The van der Waals surface area contributed by atoms with Gasteiger partial charge >= 0.3 is 0 Å². The van der Waals surface area contributed by atoms with E-state index in [1.54, 1.807) is 0 Å². The first kappa shape index (κ1) is 13.3. The molecule has 0 spiro atoms. The van der Waals surface area contributed by atoms with Gasteiger partial charge in [-0.3, -0.25) is 4.98 Å². The second-order valence-electron chi connectivity index (χ2n) is 5.74. The van der Waals surface area contributed by atoms with Crippen molar-refractivity contribution in [1.82, 2.24) is 10.3 Å². The lowest BCUT2D eigenvalue weighted by molar-refractivity contribution is 0.406. The van der Waals surface area contributed by atoms with Gasteiger partial charge < -0.3 is 5.32 Å². The van der Waals surface area contributed by atoms with Crippen molar-refractivity contribution in [2.45, 2.75) is 45.2 Å². The molecular formula is C18H22N2. The van der Waals surface area contributed by atoms with E-state index in [4.69, 9.17) is 0 Å². The van der Waals surface area contributed by atoms with Gasteiger partial charge in [-0.15, -0.1) is 0 Å². The smallest absolute Gasteiger partial charge is 0.0605 e. The Morgan fingerprint density at radius 1 is 1.20 bits per heavy atom. The molecular weight excluding hydrogens is 244 g/mol. The van der Waals surface area contributed by atoms with Gasteiger partial charge in [0.15, 0.2) is 0 Å². The minimum atomic E-state index is 0.356. The van der Waals surface area contributed by atoms with Crippen LogP contribution in [0.3, 0.4) is 0 Å². The maximum absolute atomic E-state index is 4.61. The zero-order valence-electron chi connectivity index (χ0n) is 12.3. The summed E-state index contributed by atoms with van der Waals surface area (Å²) in [7, 11) is 0. The van der Waals surface area contributed by atoms with Crippen LogP contribution in [-0.4, -0.2) is 4.98 Å². The first-order chi connectivity index (χ1) is 9.75. The van der Waals surface area contributed by atoms with Gasteiger partial charge in [-0.25, -0.2) is 0 Å². The van der Waals surface area contributed by atoms with E-state index in [1.807, 2.05) is 12.3 Å². The molecule has 1 N–H and O–H groups in total. The largest absolute Gasteiger partial charge is 0.302 e. The summed E-state index contributed by atoms with van der Waals surface area (Å²) in [6.45, 7) is 4.43. The molecule has 1 aliphatic carbocycles. The van der Waals surface area contributed by atoms with Crippen molar-refractivity contribution >= 4 is 0 Å². The molecule has 2 nitrogen and oxygen atoms in total. The summed E-state index contributed by atoms with van der Waals surface area (Å²) in [6.07, 6.45) is 5.51. The highest BCUT2D eigenvalue weighted by Crippen LogP contribution is 2.30. The van der Waals surface area contributed by atoms with Crippen molar-refractivity contribution in [3.8, 4) is 0 Å². The zero-order chi connectivity index (χ0) is 13.9. The standard InChI is InChI=1S/C18H22N2/c1-13-7-3-4-10-16(13)14(2)20-17-11-5-8-15-9-6-12-19-18(15)17/h3-4,6-7,9-10,12,14,17,20H,5,8,11H2,1-2H3/t14-,17?/m1/s1. The minimum Gasteiger partial charge on any atom is -0.302 e. The van der Waals surface area contributed by atoms with E-state index < -0.39 is 0 Å². The van der Waals surface area contributed by atoms with Crippen molar-refractivity contribution in [1.29, 1.82) is 0 Å². The van der Waals surface area contributed by atoms with E-state index >= 15 is 0 Å². The molecule has 20 heavy (non-hydrogen) atoms. The molecule has 0 saturated carbocycles. The molecule has 0 amide bonds. The van der Waals surface area contributed by atoms with Gasteiger partial charge in [-0.1, -0.05) is 30.3 Å². The fraction of sp³-hybridized carbons (Fsp3) is 0.389. The highest BCUT2D eigenvalue weighted by Gasteiger charge is 2.23. The average Bonchev–Trinajstić information content (AvgIpc) is 2.48. The number of fused-ring (bicyclic) bond motifs is 1. The summed E-state index contributed by atoms with van der Waals surface area (Å²) in [5.74, 6) is 0. The Balaban J connectivity index is 1.81. The molecule has 1 unspecified atom stereocenters. The van der Waals surface area contributed by atoms with Crippen LogP contribution in [0.1, 0.15) is 54.2 Å². The number of hydrogen-bond acceptors (Lipinski definition) is 2. The van der Waals surface area contributed by atoms with Gasteiger partial charge in [0.1, 0.15) is 0 Å². The third kappa shape index (κ3) is 2.61. The molecule has 1 aromatic heterocycles. The Kier molecular flexibility index (Phi) is 3.83. The molecule has 1 aliphatic rings. The molecule has 2 atom stereocenters. The van der Waals surface area contributed by atoms with E-state index in [9.17, 15) is 0 Å². The van der Waals surface area contributed by atoms with E-state index in [-0.39, 0.29) is 0 Å². The van der Waals surface area contributed by atoms with Gasteiger partial charge in [0.2, 0.25) is 0 Å². The van der Waals surface area contributed by atoms with Gasteiger partial charge in [0.25, 0.3) is 0 Å². The predicted octanol–water partition coefficient (Wildman–Crippen LogP) is 4.12. The first-order valence-electron chi connectivity index (χ1n) is 7.51. The van der Waals surface area contributed by atoms with Crippen LogP contribution in [0.2, 0.25) is 0 Å². The van der Waals surface area contributed by atoms with Crippen LogP contribution in [0.5, 0.6) is 0 Å². The summed E-state index contributed by atoms with van der Waals surface area (Å²) >= 11 is 0. The quantitative estimate of drug-likeness (QED) is 0.904. The number of rotatable bonds is 3. The minimum absolute atomic E-state index is 0.356. The van der Waals surface area contributed by atoms with Crippen LogP contribution in [0, 0.1) is 6.92 Å². The Bertz CT molecular complexity index is 591. The third-order valence-electron chi connectivity index (χ3n) is 4.30. The predicted molar refractivity (Wildman–Crippen MR) is 82.6 cm³/mol. The van der Waals surface area contributed by atoms with Crippen molar-refractivity contribution in [2.75, 3.05) is 0 Å². The van der Waals surface area contributed by atoms with E-state index in [0.29, 0.717) is 12.1 Å². The van der Waals surface area contributed by atoms with Crippen molar-refractivity contribution in [3.05, 3.63) is 65.0 Å². The van der Waals surface area contributed by atoms with Crippen LogP contribution < -0.4 is 5.32 Å². The molecule has 104 valence electrons. The number of aromatic nitrogens is 1. The highest BCUT2D eigenvalue weighted by molar-refractivity contribution is 5.30. The number of nitrogens with zero attached hydrogens (tertiary/aromatic N) is 1. The second-order valence-corrected chi connectivity index (χ2v) is 5.74. The Morgan fingerprint density at radius 3 is 2.90 bits per heavy atom. The maximum atomic E-state index is 4.61. The normalized spacial score (nSPS) is 19.4. The first-order valence-corrected chi connectivity index (χ1v) is 7.51. The summed E-state index contributed by atoms with van der Waals surface area (Å²) in [4.78, 5) is 4.61. The summed E-state index contributed by atoms with van der Waals surface area (Å²) in [5, 5.41) is 3.77. The molecule has 0 aliphatic heterocycles. The van der Waals surface area contributed by atoms with Crippen LogP contribution >= 0.6 is 0 Å². The van der Waals surface area contributed by atoms with Crippen LogP contribution in [-0.2, 0) is 6.42 Å². The number of pyridine rings is 1. The lowest BCUT2D eigenvalue weighted by Crippen LogP contribution is -2.29. The van der Waals surface area contributed by atoms with E-state index in [0.717, 1.165) is 0 Å². The highest BCUT2D eigenvalue weighted by atomic mass is 15.0. The number of nitrogens with one attached hydrogen (secondary N) is 1. The molecule has 1 heterocycles. The Morgan fingerprint density at radius 2 is 2.05 bits per heavy atom. The lowest BCUT2D eigenvalue weighted by atomic mass is 9.90. The molecule has 1 aromatic carbocycles. The Labute approximate surface area is 121 Å². The monoisotopic (exact) mass is 266 g/mol. The topological polar surface area (TPSA) is 24.9 Å². The summed E-state index contributed by atoms with van der Waals surface area (Å²) in [6, 6.07) is 13.6. The fourth-order valence-electron chi connectivity index (χ4n) is 3.24. The fourth-order valence-corrected chi connectivity index (χ4v) is 3.24. The van der Waals surface area contributed by atoms with Crippen LogP contribution in [0.25, 0.3) is 0 Å². The molecule has 0 saturated heterocycles. The third-order valence-corrected chi connectivity index (χ3v) is 4.30. The van der Waals surface area contributed by atoms with Crippen molar-refractivity contribution in [2.24, 2.45) is 0 Å². The van der Waals surface area contributed by atoms with E-state index in [2.05, 4.69) is 54.5 Å².